The first kappa shape index (κ1) is 43.2. The summed E-state index contributed by atoms with van der Waals surface area (Å²) in [6, 6.07) is 12.7. The fourth-order valence-corrected chi connectivity index (χ4v) is 17.4. The molecule has 0 saturated carbocycles. The van der Waals surface area contributed by atoms with Crippen molar-refractivity contribution in [1.29, 1.82) is 5.26 Å². The van der Waals surface area contributed by atoms with Crippen LogP contribution in [0.5, 0.6) is 11.6 Å². The standard InChI is InChI=1S/C50H68N6O4Si/c1-33(2)61(34(3)4,35(5)6)25-19-36-14-10-15-37-26-40(57)27-44(45(36)37)53-24-18-41-43(31-53)42(28-51)47(59-32-50-20-12-22-55(50)23-13-21-50)52-46(41)56-38-16-11-17-39(56)30-54(29-38)48(58)60-49(7,8)9/h10,14-15,26-27,33-35,38-39,57H,11-13,16-18,20-24,29-32H2,1-9H3/t38-,39+. The van der Waals surface area contributed by atoms with E-state index < -0.39 is 13.7 Å². The summed E-state index contributed by atoms with van der Waals surface area (Å²) in [6.07, 6.45) is 7.92. The molecule has 1 aromatic heterocycles. The van der Waals surface area contributed by atoms with Gasteiger partial charge in [-0.25, -0.2) is 4.79 Å². The molecular weight excluding hydrogens is 777 g/mol. The summed E-state index contributed by atoms with van der Waals surface area (Å²) in [5, 5.41) is 24.3. The number of aromatic hydroxyl groups is 1. The van der Waals surface area contributed by atoms with Crippen LogP contribution in [-0.4, -0.2) is 96.6 Å². The summed E-state index contributed by atoms with van der Waals surface area (Å²) in [7, 11) is -2.03. The van der Waals surface area contributed by atoms with Gasteiger partial charge in [0.15, 0.2) is 0 Å². The number of phenolic OH excluding ortho intramolecular Hbond substituents is 1. The van der Waals surface area contributed by atoms with Crippen LogP contribution in [0.3, 0.4) is 0 Å². The van der Waals surface area contributed by atoms with Gasteiger partial charge in [0.1, 0.15) is 43.5 Å². The molecule has 1 amide bonds. The summed E-state index contributed by atoms with van der Waals surface area (Å²) >= 11 is 0. The Balaban J connectivity index is 1.22. The second-order valence-corrected chi connectivity index (χ2v) is 26.2. The molecule has 2 bridgehead atoms. The van der Waals surface area contributed by atoms with Crippen molar-refractivity contribution in [2.75, 3.05) is 49.1 Å². The van der Waals surface area contributed by atoms with Gasteiger partial charge in [-0.3, -0.25) is 4.90 Å². The van der Waals surface area contributed by atoms with Crippen LogP contribution in [0.15, 0.2) is 30.3 Å². The van der Waals surface area contributed by atoms with E-state index in [1.807, 2.05) is 37.8 Å². The Labute approximate surface area is 365 Å². The molecule has 1 N–H and O–H groups in total. The third kappa shape index (κ3) is 7.95. The van der Waals surface area contributed by atoms with E-state index >= 15 is 0 Å². The van der Waals surface area contributed by atoms with E-state index in [0.717, 1.165) is 97.0 Å². The second-order valence-electron chi connectivity index (χ2n) is 20.6. The van der Waals surface area contributed by atoms with Gasteiger partial charge in [-0.2, -0.15) is 10.2 Å². The van der Waals surface area contributed by atoms with Gasteiger partial charge in [0, 0.05) is 72.1 Å². The molecular formula is C50H68N6O4Si. The molecule has 4 saturated heterocycles. The van der Waals surface area contributed by atoms with E-state index in [4.69, 9.17) is 14.5 Å². The predicted molar refractivity (Wildman–Crippen MR) is 247 cm³/mol. The van der Waals surface area contributed by atoms with Crippen LogP contribution >= 0.6 is 0 Å². The van der Waals surface area contributed by atoms with Crippen molar-refractivity contribution < 1.29 is 19.4 Å². The van der Waals surface area contributed by atoms with Gasteiger partial charge in [0.25, 0.3) is 0 Å². The first-order valence-corrected chi connectivity index (χ1v) is 25.4. The van der Waals surface area contributed by atoms with Crippen molar-refractivity contribution in [3.05, 3.63) is 52.6 Å². The van der Waals surface area contributed by atoms with Crippen LogP contribution in [0.25, 0.3) is 10.8 Å². The number of carbonyl (C=O) groups is 1. The van der Waals surface area contributed by atoms with E-state index in [0.29, 0.717) is 67.3 Å². The molecule has 11 heteroatoms. The van der Waals surface area contributed by atoms with Crippen molar-refractivity contribution in [3.8, 4) is 29.2 Å². The molecule has 0 unspecified atom stereocenters. The number of carbonyl (C=O) groups excluding carboxylic acids is 1. The topological polar surface area (TPSA) is 105 Å². The van der Waals surface area contributed by atoms with Crippen molar-refractivity contribution in [2.45, 2.75) is 160 Å². The normalized spacial score (nSPS) is 21.4. The minimum atomic E-state index is -2.03. The average molecular weight is 845 g/mol. The Bertz CT molecular complexity index is 2220. The zero-order valence-corrected chi connectivity index (χ0v) is 39.2. The number of likely N-dealkylation sites (tertiary alicyclic amines) is 1. The van der Waals surface area contributed by atoms with E-state index in [1.165, 1.54) is 0 Å². The zero-order chi connectivity index (χ0) is 43.4. The molecule has 5 aliphatic rings. The first-order chi connectivity index (χ1) is 29.0. The fraction of sp³-hybridized carbons (Fsp3) is 0.620. The number of benzene rings is 2. The van der Waals surface area contributed by atoms with Gasteiger partial charge in [0.2, 0.25) is 5.88 Å². The molecule has 6 heterocycles. The number of piperidine rings is 1. The molecule has 4 fully saturated rings. The molecule has 10 nitrogen and oxygen atoms in total. The number of ether oxygens (including phenoxy) is 2. The van der Waals surface area contributed by atoms with Gasteiger partial charge in [-0.15, -0.1) is 5.54 Å². The lowest BCUT2D eigenvalue weighted by Gasteiger charge is -2.51. The lowest BCUT2D eigenvalue weighted by molar-refractivity contribution is 0.0154. The number of aromatic nitrogens is 1. The third-order valence-electron chi connectivity index (χ3n) is 14.9. The van der Waals surface area contributed by atoms with Crippen LogP contribution in [0.4, 0.5) is 16.3 Å². The highest BCUT2D eigenvalue weighted by Crippen LogP contribution is 2.45. The number of nitrogens with zero attached hydrogens (tertiary/aromatic N) is 6. The Morgan fingerprint density at radius 1 is 0.967 bits per heavy atom. The van der Waals surface area contributed by atoms with Gasteiger partial charge in [-0.05, 0) is 119 Å². The number of nitriles is 1. The van der Waals surface area contributed by atoms with Gasteiger partial charge in [0.05, 0.1) is 5.54 Å². The summed E-state index contributed by atoms with van der Waals surface area (Å²) in [5.41, 5.74) is 9.34. The molecule has 0 aliphatic carbocycles. The summed E-state index contributed by atoms with van der Waals surface area (Å²) < 4.78 is 12.7. The predicted octanol–water partition coefficient (Wildman–Crippen LogP) is 9.93. The van der Waals surface area contributed by atoms with Gasteiger partial charge < -0.3 is 29.3 Å². The second kappa shape index (κ2) is 16.7. The Morgan fingerprint density at radius 3 is 2.26 bits per heavy atom. The quantitative estimate of drug-likeness (QED) is 0.175. The van der Waals surface area contributed by atoms with Gasteiger partial charge in [-0.1, -0.05) is 59.6 Å². The average Bonchev–Trinajstić information content (AvgIpc) is 3.78. The molecule has 2 atom stereocenters. The van der Waals surface area contributed by atoms with Crippen LogP contribution in [-0.2, 0) is 17.7 Å². The third-order valence-corrected chi connectivity index (χ3v) is 21.2. The molecule has 2 aromatic carbocycles. The van der Waals surface area contributed by atoms with Crippen molar-refractivity contribution >= 4 is 36.4 Å². The summed E-state index contributed by atoms with van der Waals surface area (Å²) in [5.74, 6) is 5.29. The highest BCUT2D eigenvalue weighted by Gasteiger charge is 2.47. The minimum Gasteiger partial charge on any atom is -0.508 e. The maximum atomic E-state index is 13.4. The molecule has 326 valence electrons. The number of amides is 1. The smallest absolute Gasteiger partial charge is 0.410 e. The number of phenols is 1. The van der Waals surface area contributed by atoms with E-state index in [-0.39, 0.29) is 29.5 Å². The van der Waals surface area contributed by atoms with Crippen LogP contribution in [0.1, 0.15) is 130 Å². The van der Waals surface area contributed by atoms with Crippen LogP contribution in [0, 0.1) is 22.8 Å². The number of anilines is 2. The van der Waals surface area contributed by atoms with Crippen LogP contribution < -0.4 is 14.5 Å². The Morgan fingerprint density at radius 2 is 1.64 bits per heavy atom. The summed E-state index contributed by atoms with van der Waals surface area (Å²) in [6.45, 7) is 24.8. The van der Waals surface area contributed by atoms with E-state index in [9.17, 15) is 15.2 Å². The fourth-order valence-electron chi connectivity index (χ4n) is 12.2. The number of hydrogen-bond donors (Lipinski definition) is 1. The molecule has 5 aliphatic heterocycles. The highest BCUT2D eigenvalue weighted by atomic mass is 28.3. The van der Waals surface area contributed by atoms with E-state index in [1.54, 1.807) is 0 Å². The SMILES string of the molecule is CC(C)[Si](C#Cc1cccc2cc(O)cc(N3CCc4c(N5[C@@H]6CCC[C@H]5CN(C(=O)OC(C)(C)C)C6)nc(OCC56CCCN5CCC6)c(C#N)c4C3)c12)(C(C)C)C(C)C. The maximum Gasteiger partial charge on any atom is 0.410 e. The molecule has 8 rings (SSSR count). The lowest BCUT2D eigenvalue weighted by Crippen LogP contribution is -2.63. The lowest BCUT2D eigenvalue weighted by atomic mass is 9.88. The molecule has 3 aromatic rings. The largest absolute Gasteiger partial charge is 0.508 e. The number of rotatable bonds is 8. The first-order valence-electron chi connectivity index (χ1n) is 23.2. The maximum absolute atomic E-state index is 13.4. The number of fused-ring (bicyclic) bond motifs is 5. The summed E-state index contributed by atoms with van der Waals surface area (Å²) in [4.78, 5) is 28.1. The van der Waals surface area contributed by atoms with Crippen LogP contribution in [0.2, 0.25) is 16.6 Å². The van der Waals surface area contributed by atoms with Crippen molar-refractivity contribution in [1.82, 2.24) is 14.8 Å². The van der Waals surface area contributed by atoms with Crippen molar-refractivity contribution in [3.63, 3.8) is 0 Å². The Kier molecular flexibility index (Phi) is 11.8. The molecule has 0 spiro atoms. The monoisotopic (exact) mass is 845 g/mol. The van der Waals surface area contributed by atoms with Gasteiger partial charge >= 0.3 is 6.09 Å². The Hall–Kier alpha value is -4.45. The number of hydrogen-bond acceptors (Lipinski definition) is 9. The number of piperazine rings is 1. The minimum absolute atomic E-state index is 0.00880. The van der Waals surface area contributed by atoms with Crippen molar-refractivity contribution in [2.24, 2.45) is 0 Å². The highest BCUT2D eigenvalue weighted by molar-refractivity contribution is 6.90. The zero-order valence-electron chi connectivity index (χ0n) is 38.2. The number of pyridine rings is 1. The molecule has 0 radical (unpaired) electrons. The molecule has 61 heavy (non-hydrogen) atoms. The van der Waals surface area contributed by atoms with E-state index in [2.05, 4.69) is 92.0 Å².